The fraction of sp³-hybridized carbons (Fsp3) is 0.652. The molecule has 2 fully saturated rings. The van der Waals surface area contributed by atoms with Gasteiger partial charge in [0.2, 0.25) is 5.91 Å². The summed E-state index contributed by atoms with van der Waals surface area (Å²) in [6.07, 6.45) is 11.4. The van der Waals surface area contributed by atoms with Gasteiger partial charge in [0.05, 0.1) is 5.52 Å². The van der Waals surface area contributed by atoms with Crippen molar-refractivity contribution in [3.63, 3.8) is 0 Å². The van der Waals surface area contributed by atoms with Crippen LogP contribution in [0.15, 0.2) is 24.7 Å². The molecule has 2 aromatic heterocycles. The summed E-state index contributed by atoms with van der Waals surface area (Å²) in [5.74, 6) is 1.44. The SMILES string of the molecule is CC(C)c1cn(C2CCN(C(=O)CC3CCN(C)CC3)CC2)c2ccncc12. The van der Waals surface area contributed by atoms with Gasteiger partial charge in [-0.3, -0.25) is 9.78 Å². The zero-order chi connectivity index (χ0) is 19.7. The molecular weight excluding hydrogens is 348 g/mol. The largest absolute Gasteiger partial charge is 0.344 e. The first-order valence-electron chi connectivity index (χ1n) is 10.9. The molecule has 0 aromatic carbocycles. The second-order valence-electron chi connectivity index (χ2n) is 9.10. The molecular formula is C23H34N4O. The second kappa shape index (κ2) is 8.24. The number of hydrogen-bond donors (Lipinski definition) is 0. The molecule has 0 N–H and O–H groups in total. The predicted octanol–water partition coefficient (Wildman–Crippen LogP) is 4.06. The van der Waals surface area contributed by atoms with Crippen LogP contribution in [0.3, 0.4) is 0 Å². The van der Waals surface area contributed by atoms with Gasteiger partial charge in [-0.2, -0.15) is 0 Å². The van der Waals surface area contributed by atoms with Gasteiger partial charge < -0.3 is 14.4 Å². The van der Waals surface area contributed by atoms with Crippen LogP contribution in [-0.4, -0.2) is 58.5 Å². The summed E-state index contributed by atoms with van der Waals surface area (Å²) >= 11 is 0. The third kappa shape index (κ3) is 3.95. The minimum Gasteiger partial charge on any atom is -0.344 e. The van der Waals surface area contributed by atoms with Gasteiger partial charge in [-0.05, 0) is 69.3 Å². The van der Waals surface area contributed by atoms with Crippen LogP contribution in [0.4, 0.5) is 0 Å². The average molecular weight is 383 g/mol. The third-order valence-corrected chi connectivity index (χ3v) is 6.80. The Balaban J connectivity index is 1.39. The Bertz CT molecular complexity index is 811. The first-order chi connectivity index (χ1) is 13.5. The number of carbonyl (C=O) groups excluding carboxylic acids is 1. The lowest BCUT2D eigenvalue weighted by Crippen LogP contribution is -2.40. The van der Waals surface area contributed by atoms with Crippen molar-refractivity contribution in [1.29, 1.82) is 0 Å². The van der Waals surface area contributed by atoms with E-state index in [0.717, 1.165) is 45.4 Å². The summed E-state index contributed by atoms with van der Waals surface area (Å²) in [4.78, 5) is 21.6. The zero-order valence-electron chi connectivity index (χ0n) is 17.6. The number of amides is 1. The van der Waals surface area contributed by atoms with Gasteiger partial charge in [-0.1, -0.05) is 13.8 Å². The van der Waals surface area contributed by atoms with Crippen molar-refractivity contribution in [3.8, 4) is 0 Å². The number of aromatic nitrogens is 2. The molecule has 0 atom stereocenters. The second-order valence-corrected chi connectivity index (χ2v) is 9.10. The van der Waals surface area contributed by atoms with Crippen LogP contribution < -0.4 is 0 Å². The Labute approximate surface area is 168 Å². The Morgan fingerprint density at radius 3 is 2.54 bits per heavy atom. The fourth-order valence-corrected chi connectivity index (χ4v) is 4.92. The minimum absolute atomic E-state index is 0.373. The first-order valence-corrected chi connectivity index (χ1v) is 10.9. The minimum atomic E-state index is 0.373. The zero-order valence-corrected chi connectivity index (χ0v) is 17.6. The van der Waals surface area contributed by atoms with Crippen LogP contribution in [0.5, 0.6) is 0 Å². The Kier molecular flexibility index (Phi) is 5.72. The number of carbonyl (C=O) groups is 1. The van der Waals surface area contributed by atoms with Crippen molar-refractivity contribution in [1.82, 2.24) is 19.4 Å². The normalized spacial score (nSPS) is 20.4. The van der Waals surface area contributed by atoms with Crippen LogP contribution in [0.1, 0.15) is 63.5 Å². The smallest absolute Gasteiger partial charge is 0.222 e. The van der Waals surface area contributed by atoms with Crippen LogP contribution >= 0.6 is 0 Å². The molecule has 152 valence electrons. The molecule has 2 saturated heterocycles. The van der Waals surface area contributed by atoms with Gasteiger partial charge in [-0.25, -0.2) is 0 Å². The van der Waals surface area contributed by atoms with Crippen molar-refractivity contribution in [2.24, 2.45) is 5.92 Å². The summed E-state index contributed by atoms with van der Waals surface area (Å²) in [5.41, 5.74) is 2.67. The van der Waals surface area contributed by atoms with Gasteiger partial charge in [0.25, 0.3) is 0 Å². The Morgan fingerprint density at radius 2 is 1.86 bits per heavy atom. The maximum Gasteiger partial charge on any atom is 0.222 e. The molecule has 0 radical (unpaired) electrons. The quantitative estimate of drug-likeness (QED) is 0.801. The monoisotopic (exact) mass is 382 g/mol. The number of likely N-dealkylation sites (tertiary alicyclic amines) is 2. The Hall–Kier alpha value is -1.88. The van der Waals surface area contributed by atoms with Crippen molar-refractivity contribution in [2.75, 3.05) is 33.2 Å². The molecule has 2 aliphatic heterocycles. The molecule has 0 aliphatic carbocycles. The lowest BCUT2D eigenvalue weighted by molar-refractivity contribution is -0.133. The number of nitrogens with zero attached hydrogens (tertiary/aromatic N) is 4. The number of fused-ring (bicyclic) bond motifs is 1. The van der Waals surface area contributed by atoms with Gasteiger partial charge in [-0.15, -0.1) is 0 Å². The molecule has 28 heavy (non-hydrogen) atoms. The molecule has 0 saturated carbocycles. The highest BCUT2D eigenvalue weighted by Crippen LogP contribution is 2.33. The average Bonchev–Trinajstić information content (AvgIpc) is 3.10. The first kappa shape index (κ1) is 19.4. The van der Waals surface area contributed by atoms with Gasteiger partial charge in [0.1, 0.15) is 0 Å². The van der Waals surface area contributed by atoms with E-state index in [9.17, 15) is 4.79 Å². The van der Waals surface area contributed by atoms with Crippen LogP contribution in [-0.2, 0) is 4.79 Å². The molecule has 5 heteroatoms. The molecule has 1 amide bonds. The highest BCUT2D eigenvalue weighted by Gasteiger charge is 2.27. The molecule has 4 rings (SSSR count). The molecule has 2 aliphatic rings. The maximum atomic E-state index is 12.8. The molecule has 2 aromatic rings. The molecule has 4 heterocycles. The van der Waals surface area contributed by atoms with E-state index >= 15 is 0 Å². The van der Waals surface area contributed by atoms with E-state index in [1.54, 1.807) is 0 Å². The summed E-state index contributed by atoms with van der Waals surface area (Å²) in [5, 5.41) is 1.28. The highest BCUT2D eigenvalue weighted by molar-refractivity contribution is 5.83. The van der Waals surface area contributed by atoms with E-state index in [0.29, 0.717) is 23.8 Å². The number of piperidine rings is 2. The van der Waals surface area contributed by atoms with Gasteiger partial charge in [0.15, 0.2) is 0 Å². The Morgan fingerprint density at radius 1 is 1.14 bits per heavy atom. The van der Waals surface area contributed by atoms with Crippen molar-refractivity contribution in [2.45, 2.75) is 57.9 Å². The van der Waals surface area contributed by atoms with Crippen molar-refractivity contribution >= 4 is 16.8 Å². The van der Waals surface area contributed by atoms with Crippen molar-refractivity contribution in [3.05, 3.63) is 30.2 Å². The van der Waals surface area contributed by atoms with Gasteiger partial charge >= 0.3 is 0 Å². The highest BCUT2D eigenvalue weighted by atomic mass is 16.2. The van der Waals surface area contributed by atoms with E-state index in [-0.39, 0.29) is 0 Å². The van der Waals surface area contributed by atoms with E-state index in [1.807, 2.05) is 12.4 Å². The van der Waals surface area contributed by atoms with Crippen molar-refractivity contribution < 1.29 is 4.79 Å². The van der Waals surface area contributed by atoms with E-state index in [2.05, 4.69) is 52.5 Å². The summed E-state index contributed by atoms with van der Waals surface area (Å²) in [7, 11) is 2.18. The molecule has 0 bridgehead atoms. The maximum absolute atomic E-state index is 12.8. The number of pyridine rings is 1. The standard InChI is InChI=1S/C23H34N4O/c1-17(2)21-16-27(22-4-9-24-15-20(21)22)19-7-12-26(13-8-19)23(28)14-18-5-10-25(3)11-6-18/h4,9,15-19H,5-8,10-14H2,1-3H3. The summed E-state index contributed by atoms with van der Waals surface area (Å²) < 4.78 is 2.45. The van der Waals surface area contributed by atoms with Crippen LogP contribution in [0.2, 0.25) is 0 Å². The lowest BCUT2D eigenvalue weighted by atomic mass is 9.92. The predicted molar refractivity (Wildman–Crippen MR) is 114 cm³/mol. The summed E-state index contributed by atoms with van der Waals surface area (Å²) in [6.45, 7) is 8.53. The topological polar surface area (TPSA) is 41.4 Å². The van der Waals surface area contributed by atoms with E-state index < -0.39 is 0 Å². The molecule has 5 nitrogen and oxygen atoms in total. The third-order valence-electron chi connectivity index (χ3n) is 6.80. The number of rotatable bonds is 4. The van der Waals surface area contributed by atoms with E-state index in [4.69, 9.17) is 0 Å². The molecule has 0 spiro atoms. The van der Waals surface area contributed by atoms with E-state index in [1.165, 1.54) is 29.3 Å². The fourth-order valence-electron chi connectivity index (χ4n) is 4.92. The number of hydrogen-bond acceptors (Lipinski definition) is 3. The molecule has 0 unspecified atom stereocenters. The van der Waals surface area contributed by atoms with Gasteiger partial charge in [0, 0.05) is 49.5 Å². The van der Waals surface area contributed by atoms with Crippen LogP contribution in [0, 0.1) is 5.92 Å². The van der Waals surface area contributed by atoms with Crippen LogP contribution in [0.25, 0.3) is 10.9 Å². The lowest BCUT2D eigenvalue weighted by Gasteiger charge is -2.35. The summed E-state index contributed by atoms with van der Waals surface area (Å²) in [6, 6.07) is 2.61.